The largest absolute Gasteiger partial charge is 0.396 e. The topological polar surface area (TPSA) is 75.3 Å². The van der Waals surface area contributed by atoms with Crippen molar-refractivity contribution in [2.75, 3.05) is 18.5 Å². The predicted octanol–water partition coefficient (Wildman–Crippen LogP) is 2.64. The molecule has 3 rings (SSSR count). The molecule has 23 heavy (non-hydrogen) atoms. The van der Waals surface area contributed by atoms with E-state index in [4.69, 9.17) is 10.1 Å². The number of fused-ring (bicyclic) bond motifs is 3. The molecule has 0 amide bonds. The Morgan fingerprint density at radius 1 is 1.17 bits per heavy atom. The molecular formula is C17H23N5O. The van der Waals surface area contributed by atoms with E-state index in [1.54, 1.807) is 0 Å². The fourth-order valence-corrected chi connectivity index (χ4v) is 2.83. The summed E-state index contributed by atoms with van der Waals surface area (Å²) in [5.74, 6) is 0.930. The Bertz CT molecular complexity index is 840. The molecule has 0 aliphatic rings. The van der Waals surface area contributed by atoms with Gasteiger partial charge in [0.2, 0.25) is 0 Å². The first-order chi connectivity index (χ1) is 11.1. The highest BCUT2D eigenvalue weighted by Gasteiger charge is 2.14. The van der Waals surface area contributed by atoms with Crippen LogP contribution in [0.15, 0.2) is 12.1 Å². The highest BCUT2D eigenvalue weighted by molar-refractivity contribution is 5.93. The van der Waals surface area contributed by atoms with Gasteiger partial charge in [-0.15, -0.1) is 5.10 Å². The van der Waals surface area contributed by atoms with Gasteiger partial charge in [-0.2, -0.15) is 4.52 Å². The van der Waals surface area contributed by atoms with Gasteiger partial charge in [0.1, 0.15) is 5.82 Å². The minimum Gasteiger partial charge on any atom is -0.396 e. The zero-order valence-electron chi connectivity index (χ0n) is 13.9. The Balaban J connectivity index is 2.13. The predicted molar refractivity (Wildman–Crippen MR) is 91.9 cm³/mol. The molecule has 0 bridgehead atoms. The summed E-state index contributed by atoms with van der Waals surface area (Å²) in [7, 11) is 0. The minimum atomic E-state index is 0.224. The lowest BCUT2D eigenvalue weighted by Gasteiger charge is -2.09. The third-order valence-corrected chi connectivity index (χ3v) is 3.98. The van der Waals surface area contributed by atoms with Crippen LogP contribution < -0.4 is 5.32 Å². The Kier molecular flexibility index (Phi) is 4.43. The van der Waals surface area contributed by atoms with E-state index in [-0.39, 0.29) is 6.61 Å². The van der Waals surface area contributed by atoms with E-state index in [1.165, 1.54) is 0 Å². The molecule has 0 aliphatic heterocycles. The number of aromatic nitrogens is 4. The first-order valence-electron chi connectivity index (χ1n) is 8.15. The second-order valence-corrected chi connectivity index (χ2v) is 5.86. The number of hydrogen-bond acceptors (Lipinski definition) is 5. The number of unbranched alkanes of at least 4 members (excludes halogenated alkanes) is 1. The summed E-state index contributed by atoms with van der Waals surface area (Å²) < 4.78 is 1.85. The van der Waals surface area contributed by atoms with E-state index < -0.39 is 0 Å². The number of pyridine rings is 1. The minimum absolute atomic E-state index is 0.224. The van der Waals surface area contributed by atoms with E-state index in [9.17, 15) is 0 Å². The lowest BCUT2D eigenvalue weighted by molar-refractivity contribution is 0.286. The fourth-order valence-electron chi connectivity index (χ4n) is 2.83. The van der Waals surface area contributed by atoms with Crippen LogP contribution in [0.25, 0.3) is 16.7 Å². The summed E-state index contributed by atoms with van der Waals surface area (Å²) in [6.07, 6.45) is 2.58. The van der Waals surface area contributed by atoms with E-state index >= 15 is 0 Å². The molecule has 6 heteroatoms. The summed E-state index contributed by atoms with van der Waals surface area (Å²) in [4.78, 5) is 9.31. The van der Waals surface area contributed by atoms with Crippen molar-refractivity contribution in [3.63, 3.8) is 0 Å². The van der Waals surface area contributed by atoms with Crippen molar-refractivity contribution in [1.29, 1.82) is 0 Å². The van der Waals surface area contributed by atoms with Crippen molar-refractivity contribution in [3.05, 3.63) is 29.1 Å². The van der Waals surface area contributed by atoms with Gasteiger partial charge in [0.15, 0.2) is 11.3 Å². The molecule has 6 nitrogen and oxygen atoms in total. The molecule has 2 N–H and O–H groups in total. The van der Waals surface area contributed by atoms with Crippen LogP contribution in [-0.4, -0.2) is 37.8 Å². The van der Waals surface area contributed by atoms with E-state index in [2.05, 4.69) is 35.3 Å². The fraction of sp³-hybridized carbons (Fsp3) is 0.471. The molecule has 0 saturated heterocycles. The van der Waals surface area contributed by atoms with Gasteiger partial charge in [-0.25, -0.2) is 9.97 Å². The number of anilines is 1. The Morgan fingerprint density at radius 3 is 2.74 bits per heavy atom. The standard InChI is InChI=1S/C17H23N5O/c1-4-13-10-14(18-7-5-6-8-23)22-17(20-13)15-11(2)9-12(3)19-16(15)21-22/h9-10,18,23H,4-8H2,1-3H3. The van der Waals surface area contributed by atoms with Crippen LogP contribution in [0.3, 0.4) is 0 Å². The van der Waals surface area contributed by atoms with Gasteiger partial charge in [-0.1, -0.05) is 6.92 Å². The van der Waals surface area contributed by atoms with Crippen LogP contribution in [0.5, 0.6) is 0 Å². The molecule has 122 valence electrons. The third kappa shape index (κ3) is 2.99. The molecule has 0 radical (unpaired) electrons. The molecule has 0 unspecified atom stereocenters. The highest BCUT2D eigenvalue weighted by Crippen LogP contribution is 2.24. The lowest BCUT2D eigenvalue weighted by Crippen LogP contribution is -2.09. The van der Waals surface area contributed by atoms with E-state index in [1.807, 2.05) is 17.5 Å². The second kappa shape index (κ2) is 6.50. The SMILES string of the molecule is CCc1cc(NCCCCO)n2nc3nc(C)cc(C)c3c2n1. The first-order valence-corrected chi connectivity index (χ1v) is 8.15. The molecule has 3 heterocycles. The van der Waals surface area contributed by atoms with Crippen LogP contribution in [0.4, 0.5) is 5.82 Å². The monoisotopic (exact) mass is 313 g/mol. The molecule has 0 aliphatic carbocycles. The summed E-state index contributed by atoms with van der Waals surface area (Å²) in [6.45, 7) is 7.18. The molecule has 3 aromatic rings. The Hall–Kier alpha value is -2.21. The number of nitrogens with zero attached hydrogens (tertiary/aromatic N) is 4. The quantitative estimate of drug-likeness (QED) is 0.684. The Labute approximate surface area is 135 Å². The lowest BCUT2D eigenvalue weighted by atomic mass is 10.2. The molecule has 0 fully saturated rings. The number of rotatable bonds is 6. The normalized spacial score (nSPS) is 11.5. The maximum atomic E-state index is 8.91. The molecule has 0 saturated carbocycles. The van der Waals surface area contributed by atoms with Gasteiger partial charge in [-0.05, 0) is 44.7 Å². The van der Waals surface area contributed by atoms with Crippen molar-refractivity contribution in [2.24, 2.45) is 0 Å². The maximum Gasteiger partial charge on any atom is 0.184 e. The van der Waals surface area contributed by atoms with Crippen molar-refractivity contribution in [3.8, 4) is 0 Å². The zero-order valence-corrected chi connectivity index (χ0v) is 13.9. The molecule has 0 spiro atoms. The van der Waals surface area contributed by atoms with Gasteiger partial charge in [0.25, 0.3) is 0 Å². The average Bonchev–Trinajstić information content (AvgIpc) is 2.89. The zero-order chi connectivity index (χ0) is 16.4. The van der Waals surface area contributed by atoms with Crippen LogP contribution in [-0.2, 0) is 6.42 Å². The highest BCUT2D eigenvalue weighted by atomic mass is 16.2. The third-order valence-electron chi connectivity index (χ3n) is 3.98. The first kappa shape index (κ1) is 15.7. The van der Waals surface area contributed by atoms with Crippen LogP contribution in [0.1, 0.15) is 36.7 Å². The van der Waals surface area contributed by atoms with Gasteiger partial charge < -0.3 is 10.4 Å². The summed E-state index contributed by atoms with van der Waals surface area (Å²) in [5, 5.41) is 18.0. The summed E-state index contributed by atoms with van der Waals surface area (Å²) in [5.41, 5.74) is 4.74. The van der Waals surface area contributed by atoms with Crippen LogP contribution >= 0.6 is 0 Å². The van der Waals surface area contributed by atoms with Crippen molar-refractivity contribution in [2.45, 2.75) is 40.0 Å². The molecule has 0 atom stereocenters. The molecule has 0 aromatic carbocycles. The second-order valence-electron chi connectivity index (χ2n) is 5.86. The van der Waals surface area contributed by atoms with Crippen molar-refractivity contribution in [1.82, 2.24) is 19.6 Å². The number of aliphatic hydroxyl groups excluding tert-OH is 1. The van der Waals surface area contributed by atoms with Crippen molar-refractivity contribution >= 4 is 22.5 Å². The van der Waals surface area contributed by atoms with Gasteiger partial charge >= 0.3 is 0 Å². The van der Waals surface area contributed by atoms with Gasteiger partial charge in [0.05, 0.1) is 5.39 Å². The number of aliphatic hydroxyl groups is 1. The van der Waals surface area contributed by atoms with E-state index in [0.717, 1.165) is 65.3 Å². The van der Waals surface area contributed by atoms with Crippen molar-refractivity contribution < 1.29 is 5.11 Å². The maximum absolute atomic E-state index is 8.91. The summed E-state index contributed by atoms with van der Waals surface area (Å²) >= 11 is 0. The van der Waals surface area contributed by atoms with Gasteiger partial charge in [-0.3, -0.25) is 0 Å². The number of nitrogens with one attached hydrogen (secondary N) is 1. The van der Waals surface area contributed by atoms with Gasteiger partial charge in [0, 0.05) is 30.6 Å². The summed E-state index contributed by atoms with van der Waals surface area (Å²) in [6, 6.07) is 4.11. The molecular weight excluding hydrogens is 290 g/mol. The average molecular weight is 313 g/mol. The molecule has 3 aromatic heterocycles. The Morgan fingerprint density at radius 2 is 2.00 bits per heavy atom. The van der Waals surface area contributed by atoms with Crippen LogP contribution in [0.2, 0.25) is 0 Å². The van der Waals surface area contributed by atoms with Crippen LogP contribution in [0, 0.1) is 13.8 Å². The number of aryl methyl sites for hydroxylation is 3. The smallest absolute Gasteiger partial charge is 0.184 e. The number of hydrogen-bond donors (Lipinski definition) is 2. The van der Waals surface area contributed by atoms with E-state index in [0.29, 0.717) is 0 Å².